The summed E-state index contributed by atoms with van der Waals surface area (Å²) in [7, 11) is 0. The Labute approximate surface area is 128 Å². The lowest BCUT2D eigenvalue weighted by Gasteiger charge is -2.29. The number of hydrogen-bond acceptors (Lipinski definition) is 4. The Morgan fingerprint density at radius 3 is 2.52 bits per heavy atom. The van der Waals surface area contributed by atoms with E-state index in [4.69, 9.17) is 0 Å². The Hall–Kier alpha value is -1.63. The van der Waals surface area contributed by atoms with Gasteiger partial charge in [-0.1, -0.05) is 25.7 Å². The minimum atomic E-state index is -1.12. The molecule has 1 aromatic heterocycles. The van der Waals surface area contributed by atoms with Gasteiger partial charge in [0.25, 0.3) is 0 Å². The Kier molecular flexibility index (Phi) is 5.17. The maximum absolute atomic E-state index is 12.0. The molecule has 116 valence electrons. The lowest BCUT2D eigenvalue weighted by Crippen LogP contribution is -2.56. The highest BCUT2D eigenvalue weighted by atomic mass is 32.1. The molecule has 2 amide bonds. The molecule has 0 radical (unpaired) electrons. The summed E-state index contributed by atoms with van der Waals surface area (Å²) in [4.78, 5) is 28.7. The van der Waals surface area contributed by atoms with E-state index in [9.17, 15) is 14.7 Å². The molecule has 0 saturated heterocycles. The van der Waals surface area contributed by atoms with Crippen molar-refractivity contribution in [2.24, 2.45) is 0 Å². The van der Waals surface area contributed by atoms with Gasteiger partial charge < -0.3 is 15.7 Å². The van der Waals surface area contributed by atoms with E-state index in [1.54, 1.807) is 5.51 Å². The second kappa shape index (κ2) is 6.89. The number of amides is 2. The quantitative estimate of drug-likeness (QED) is 0.745. The molecule has 3 N–H and O–H groups in total. The minimum Gasteiger partial charge on any atom is -0.480 e. The predicted molar refractivity (Wildman–Crippen MR) is 80.3 cm³/mol. The molecule has 1 aliphatic rings. The van der Waals surface area contributed by atoms with Crippen LogP contribution in [0.15, 0.2) is 5.51 Å². The van der Waals surface area contributed by atoms with Crippen molar-refractivity contribution in [1.82, 2.24) is 15.6 Å². The molecule has 0 aromatic carbocycles. The zero-order valence-corrected chi connectivity index (χ0v) is 13.0. The van der Waals surface area contributed by atoms with Gasteiger partial charge in [0.15, 0.2) is 0 Å². The molecule has 1 aliphatic carbocycles. The van der Waals surface area contributed by atoms with Crippen LogP contribution in [0.25, 0.3) is 0 Å². The molecular formula is C14H21N3O3S. The van der Waals surface area contributed by atoms with E-state index < -0.39 is 17.5 Å². The molecular weight excluding hydrogens is 290 g/mol. The van der Waals surface area contributed by atoms with Crippen molar-refractivity contribution in [1.29, 1.82) is 0 Å². The first kappa shape index (κ1) is 15.8. The average Bonchev–Trinajstić information content (AvgIpc) is 2.70. The summed E-state index contributed by atoms with van der Waals surface area (Å²) < 4.78 is 0. The fourth-order valence-electron chi connectivity index (χ4n) is 2.64. The lowest BCUT2D eigenvalue weighted by atomic mass is 9.90. The summed E-state index contributed by atoms with van der Waals surface area (Å²) in [6.45, 7) is 2.26. The highest BCUT2D eigenvalue weighted by Gasteiger charge is 2.40. The minimum absolute atomic E-state index is 0.373. The van der Waals surface area contributed by atoms with Crippen LogP contribution in [0.3, 0.4) is 0 Å². The maximum Gasteiger partial charge on any atom is 0.329 e. The molecule has 0 bridgehead atoms. The van der Waals surface area contributed by atoms with E-state index >= 15 is 0 Å². The van der Waals surface area contributed by atoms with Gasteiger partial charge in [0.2, 0.25) is 0 Å². The second-order valence-electron chi connectivity index (χ2n) is 5.47. The molecule has 0 spiro atoms. The largest absolute Gasteiger partial charge is 0.480 e. The highest BCUT2D eigenvalue weighted by Crippen LogP contribution is 2.27. The van der Waals surface area contributed by atoms with Gasteiger partial charge in [-0.05, 0) is 19.8 Å². The van der Waals surface area contributed by atoms with E-state index in [1.807, 2.05) is 6.92 Å². The van der Waals surface area contributed by atoms with Gasteiger partial charge in [-0.25, -0.2) is 14.6 Å². The summed E-state index contributed by atoms with van der Waals surface area (Å²) >= 11 is 1.48. The first-order chi connectivity index (χ1) is 10.0. The number of nitrogens with zero attached hydrogens (tertiary/aromatic N) is 1. The maximum atomic E-state index is 12.0. The Morgan fingerprint density at radius 1 is 1.33 bits per heavy atom. The van der Waals surface area contributed by atoms with Crippen molar-refractivity contribution in [3.05, 3.63) is 16.1 Å². The summed E-state index contributed by atoms with van der Waals surface area (Å²) in [6.07, 6.45) is 4.71. The number of aromatic nitrogens is 1. The van der Waals surface area contributed by atoms with Crippen LogP contribution in [0, 0.1) is 6.92 Å². The number of rotatable bonds is 4. The molecule has 0 atom stereocenters. The van der Waals surface area contributed by atoms with Crippen molar-refractivity contribution in [3.63, 3.8) is 0 Å². The summed E-state index contributed by atoms with van der Waals surface area (Å²) in [5.41, 5.74) is 1.50. The number of aryl methyl sites for hydroxylation is 1. The average molecular weight is 311 g/mol. The molecule has 21 heavy (non-hydrogen) atoms. The molecule has 1 heterocycles. The third kappa shape index (κ3) is 3.93. The summed E-state index contributed by atoms with van der Waals surface area (Å²) in [6, 6.07) is -0.424. The molecule has 6 nitrogen and oxygen atoms in total. The van der Waals surface area contributed by atoms with Gasteiger partial charge in [-0.3, -0.25) is 0 Å². The molecule has 7 heteroatoms. The second-order valence-corrected chi connectivity index (χ2v) is 6.41. The number of carboxylic acids is 1. The third-order valence-corrected chi connectivity index (χ3v) is 4.91. The Morgan fingerprint density at radius 2 is 2.00 bits per heavy atom. The van der Waals surface area contributed by atoms with E-state index in [1.165, 1.54) is 11.3 Å². The summed E-state index contributed by atoms with van der Waals surface area (Å²) in [5, 5.41) is 14.9. The number of carbonyl (C=O) groups is 2. The van der Waals surface area contributed by atoms with Gasteiger partial charge in [-0.2, -0.15) is 0 Å². The van der Waals surface area contributed by atoms with Crippen LogP contribution in [0.2, 0.25) is 0 Å². The molecule has 1 aromatic rings. The zero-order chi connectivity index (χ0) is 15.3. The monoisotopic (exact) mass is 311 g/mol. The SMILES string of the molecule is Cc1ncsc1CNC(=O)NC1(C(=O)O)CCCCCC1. The first-order valence-corrected chi connectivity index (χ1v) is 8.10. The number of urea groups is 1. The standard InChI is InChI=1S/C14H21N3O3S/c1-10-11(21-9-16-10)8-15-13(20)17-14(12(18)19)6-4-2-3-5-7-14/h9H,2-8H2,1H3,(H,18,19)(H2,15,17,20). The van der Waals surface area contributed by atoms with Gasteiger partial charge in [0, 0.05) is 4.88 Å². The Balaban J connectivity index is 1.95. The van der Waals surface area contributed by atoms with Crippen LogP contribution in [-0.4, -0.2) is 27.6 Å². The lowest BCUT2D eigenvalue weighted by molar-refractivity contribution is -0.145. The van der Waals surface area contributed by atoms with Crippen LogP contribution in [-0.2, 0) is 11.3 Å². The van der Waals surface area contributed by atoms with E-state index in [-0.39, 0.29) is 0 Å². The number of nitrogens with one attached hydrogen (secondary N) is 2. The number of aliphatic carboxylic acids is 1. The number of carbonyl (C=O) groups excluding carboxylic acids is 1. The van der Waals surface area contributed by atoms with E-state index in [0.717, 1.165) is 36.3 Å². The van der Waals surface area contributed by atoms with Crippen molar-refractivity contribution >= 4 is 23.3 Å². The van der Waals surface area contributed by atoms with Crippen LogP contribution in [0.1, 0.15) is 49.1 Å². The van der Waals surface area contributed by atoms with Gasteiger partial charge in [0.1, 0.15) is 5.54 Å². The van der Waals surface area contributed by atoms with Gasteiger partial charge >= 0.3 is 12.0 Å². The predicted octanol–water partition coefficient (Wildman–Crippen LogP) is 2.43. The van der Waals surface area contributed by atoms with Crippen LogP contribution < -0.4 is 10.6 Å². The fourth-order valence-corrected chi connectivity index (χ4v) is 3.36. The van der Waals surface area contributed by atoms with Crippen molar-refractivity contribution < 1.29 is 14.7 Å². The van der Waals surface area contributed by atoms with Crippen molar-refractivity contribution in [3.8, 4) is 0 Å². The topological polar surface area (TPSA) is 91.3 Å². The smallest absolute Gasteiger partial charge is 0.329 e. The van der Waals surface area contributed by atoms with Gasteiger partial charge in [-0.15, -0.1) is 11.3 Å². The zero-order valence-electron chi connectivity index (χ0n) is 12.1. The summed E-state index contributed by atoms with van der Waals surface area (Å²) in [5.74, 6) is -0.937. The molecule has 0 unspecified atom stereocenters. The molecule has 1 fully saturated rings. The van der Waals surface area contributed by atoms with Gasteiger partial charge in [0.05, 0.1) is 17.7 Å². The molecule has 1 saturated carbocycles. The molecule has 0 aliphatic heterocycles. The van der Waals surface area contributed by atoms with E-state index in [2.05, 4.69) is 15.6 Å². The van der Waals surface area contributed by atoms with Crippen LogP contribution >= 0.6 is 11.3 Å². The number of thiazole rings is 1. The highest BCUT2D eigenvalue weighted by molar-refractivity contribution is 7.09. The van der Waals surface area contributed by atoms with Crippen molar-refractivity contribution in [2.45, 2.75) is 57.5 Å². The third-order valence-electron chi connectivity index (χ3n) is 3.97. The van der Waals surface area contributed by atoms with Crippen molar-refractivity contribution in [2.75, 3.05) is 0 Å². The van der Waals surface area contributed by atoms with E-state index in [0.29, 0.717) is 19.4 Å². The van der Waals surface area contributed by atoms with Crippen LogP contribution in [0.5, 0.6) is 0 Å². The molecule has 2 rings (SSSR count). The fraction of sp³-hybridized carbons (Fsp3) is 0.643. The normalized spacial score (nSPS) is 17.8. The Bertz CT molecular complexity index is 507. The number of carboxylic acid groups (broad SMARTS) is 1. The van der Waals surface area contributed by atoms with Crippen LogP contribution in [0.4, 0.5) is 4.79 Å². The number of hydrogen-bond donors (Lipinski definition) is 3. The first-order valence-electron chi connectivity index (χ1n) is 7.22.